The second-order valence-electron chi connectivity index (χ2n) is 4.75. The summed E-state index contributed by atoms with van der Waals surface area (Å²) in [5.74, 6) is 0.653. The van der Waals surface area contributed by atoms with Crippen molar-refractivity contribution >= 4 is 34.8 Å². The normalized spacial score (nSPS) is 10.2. The molecule has 7 heteroatoms. The van der Waals surface area contributed by atoms with E-state index in [-0.39, 0.29) is 11.6 Å². The average molecular weight is 360 g/mol. The lowest BCUT2D eigenvalue weighted by Crippen LogP contribution is -2.13. The predicted octanol–water partition coefficient (Wildman–Crippen LogP) is 4.83. The van der Waals surface area contributed by atoms with Crippen molar-refractivity contribution in [2.24, 2.45) is 0 Å². The molecule has 0 fully saturated rings. The zero-order chi connectivity index (χ0) is 16.9. The van der Waals surface area contributed by atoms with E-state index in [0.29, 0.717) is 27.2 Å². The summed E-state index contributed by atoms with van der Waals surface area (Å²) in [4.78, 5) is 19.8. The van der Waals surface area contributed by atoms with Crippen molar-refractivity contribution in [2.45, 2.75) is 0 Å². The van der Waals surface area contributed by atoms with Crippen molar-refractivity contribution in [1.29, 1.82) is 0 Å². The molecule has 0 spiro atoms. The topological polar surface area (TPSA) is 64.1 Å². The number of nitrogens with zero attached hydrogens (tertiary/aromatic N) is 2. The molecule has 24 heavy (non-hydrogen) atoms. The number of rotatable bonds is 4. The van der Waals surface area contributed by atoms with Crippen molar-refractivity contribution in [2.75, 3.05) is 5.32 Å². The summed E-state index contributed by atoms with van der Waals surface area (Å²) < 4.78 is 5.68. The van der Waals surface area contributed by atoms with Gasteiger partial charge in [-0.1, -0.05) is 29.3 Å². The van der Waals surface area contributed by atoms with Crippen LogP contribution >= 0.6 is 23.2 Å². The van der Waals surface area contributed by atoms with Gasteiger partial charge in [0, 0.05) is 23.1 Å². The number of anilines is 1. The molecule has 3 aromatic rings. The van der Waals surface area contributed by atoms with Crippen LogP contribution in [0.3, 0.4) is 0 Å². The maximum absolute atomic E-state index is 12.0. The third kappa shape index (κ3) is 4.01. The van der Waals surface area contributed by atoms with Gasteiger partial charge in [-0.2, -0.15) is 0 Å². The van der Waals surface area contributed by atoms with E-state index in [1.165, 1.54) is 18.6 Å². The first kappa shape index (κ1) is 16.2. The minimum Gasteiger partial charge on any atom is -0.456 e. The van der Waals surface area contributed by atoms with E-state index in [4.69, 9.17) is 27.9 Å². The Kier molecular flexibility index (Phi) is 4.93. The van der Waals surface area contributed by atoms with E-state index >= 15 is 0 Å². The number of nitrogens with one attached hydrogen (secondary N) is 1. The molecule has 0 saturated heterocycles. The zero-order valence-electron chi connectivity index (χ0n) is 12.2. The fraction of sp³-hybridized carbons (Fsp3) is 0. The van der Waals surface area contributed by atoms with Crippen LogP contribution in [-0.4, -0.2) is 15.9 Å². The zero-order valence-corrected chi connectivity index (χ0v) is 13.8. The Morgan fingerprint density at radius 3 is 2.67 bits per heavy atom. The van der Waals surface area contributed by atoms with Crippen LogP contribution in [0.4, 0.5) is 5.69 Å². The van der Waals surface area contributed by atoms with Gasteiger partial charge in [0.2, 0.25) is 0 Å². The van der Waals surface area contributed by atoms with E-state index in [9.17, 15) is 4.79 Å². The summed E-state index contributed by atoms with van der Waals surface area (Å²) in [5.41, 5.74) is 0.738. The standard InChI is InChI=1S/C17H11Cl2N3O2/c18-11-2-1-3-13(8-11)24-16-5-4-12(9-14(16)19)22-17(23)15-10-20-6-7-21-15/h1-10H,(H,22,23). The largest absolute Gasteiger partial charge is 0.456 e. The molecule has 0 aliphatic rings. The minimum atomic E-state index is -0.373. The summed E-state index contributed by atoms with van der Waals surface area (Å²) in [6.45, 7) is 0. The molecule has 0 saturated carbocycles. The number of hydrogen-bond donors (Lipinski definition) is 1. The molecule has 0 unspecified atom stereocenters. The SMILES string of the molecule is O=C(Nc1ccc(Oc2cccc(Cl)c2)c(Cl)c1)c1cnccn1. The third-order valence-corrected chi connectivity index (χ3v) is 3.54. The first-order chi connectivity index (χ1) is 11.6. The van der Waals surface area contributed by atoms with Gasteiger partial charge in [-0.3, -0.25) is 9.78 Å². The second kappa shape index (κ2) is 7.29. The van der Waals surface area contributed by atoms with Crippen LogP contribution in [0.5, 0.6) is 11.5 Å². The Labute approximate surface area is 148 Å². The highest BCUT2D eigenvalue weighted by atomic mass is 35.5. The first-order valence-electron chi connectivity index (χ1n) is 6.92. The van der Waals surface area contributed by atoms with Crippen molar-refractivity contribution < 1.29 is 9.53 Å². The molecule has 5 nitrogen and oxygen atoms in total. The van der Waals surface area contributed by atoms with E-state index in [1.807, 2.05) is 0 Å². The summed E-state index contributed by atoms with van der Waals surface area (Å²) in [6, 6.07) is 11.9. The van der Waals surface area contributed by atoms with Gasteiger partial charge < -0.3 is 10.1 Å². The smallest absolute Gasteiger partial charge is 0.275 e. The number of carbonyl (C=O) groups excluding carboxylic acids is 1. The molecular weight excluding hydrogens is 349 g/mol. The van der Waals surface area contributed by atoms with E-state index in [2.05, 4.69) is 15.3 Å². The lowest BCUT2D eigenvalue weighted by molar-refractivity contribution is 0.102. The van der Waals surface area contributed by atoms with Gasteiger partial charge in [0.15, 0.2) is 0 Å². The molecule has 1 aromatic heterocycles. The molecule has 0 bridgehead atoms. The van der Waals surface area contributed by atoms with Gasteiger partial charge in [-0.05, 0) is 36.4 Å². The summed E-state index contributed by atoms with van der Waals surface area (Å²) in [7, 11) is 0. The monoisotopic (exact) mass is 359 g/mol. The van der Waals surface area contributed by atoms with Crippen LogP contribution < -0.4 is 10.1 Å². The molecule has 0 atom stereocenters. The summed E-state index contributed by atoms with van der Waals surface area (Å²) >= 11 is 12.1. The maximum atomic E-state index is 12.0. The maximum Gasteiger partial charge on any atom is 0.275 e. The van der Waals surface area contributed by atoms with Crippen LogP contribution in [0.25, 0.3) is 0 Å². The minimum absolute atomic E-state index is 0.216. The quantitative estimate of drug-likeness (QED) is 0.724. The molecule has 120 valence electrons. The molecule has 0 aliphatic carbocycles. The van der Waals surface area contributed by atoms with Crippen molar-refractivity contribution in [1.82, 2.24) is 9.97 Å². The molecule has 1 amide bonds. The number of hydrogen-bond acceptors (Lipinski definition) is 4. The molecule has 0 radical (unpaired) electrons. The number of aromatic nitrogens is 2. The lowest BCUT2D eigenvalue weighted by Gasteiger charge is -2.10. The molecule has 1 N–H and O–H groups in total. The van der Waals surface area contributed by atoms with Gasteiger partial charge in [-0.15, -0.1) is 0 Å². The third-order valence-electron chi connectivity index (χ3n) is 3.01. The van der Waals surface area contributed by atoms with E-state index in [0.717, 1.165) is 0 Å². The Morgan fingerprint density at radius 1 is 1.08 bits per heavy atom. The van der Waals surface area contributed by atoms with Crippen LogP contribution in [0, 0.1) is 0 Å². The highest BCUT2D eigenvalue weighted by Gasteiger charge is 2.10. The van der Waals surface area contributed by atoms with Crippen LogP contribution in [0.1, 0.15) is 10.5 Å². The highest BCUT2D eigenvalue weighted by Crippen LogP contribution is 2.32. The second-order valence-corrected chi connectivity index (χ2v) is 5.59. The van der Waals surface area contributed by atoms with Crippen LogP contribution in [0.15, 0.2) is 61.1 Å². The fourth-order valence-electron chi connectivity index (χ4n) is 1.93. The lowest BCUT2D eigenvalue weighted by atomic mass is 10.3. The summed E-state index contributed by atoms with van der Waals surface area (Å²) in [6.07, 6.45) is 4.33. The van der Waals surface area contributed by atoms with Crippen LogP contribution in [-0.2, 0) is 0 Å². The number of amides is 1. The number of carbonyl (C=O) groups is 1. The molecule has 1 heterocycles. The molecule has 2 aromatic carbocycles. The molecule has 3 rings (SSSR count). The number of halogens is 2. The van der Waals surface area contributed by atoms with Crippen molar-refractivity contribution in [3.63, 3.8) is 0 Å². The molecular formula is C17H11Cl2N3O2. The van der Waals surface area contributed by atoms with Crippen LogP contribution in [0.2, 0.25) is 10.0 Å². The van der Waals surface area contributed by atoms with E-state index < -0.39 is 0 Å². The fourth-order valence-corrected chi connectivity index (χ4v) is 2.33. The van der Waals surface area contributed by atoms with Gasteiger partial charge in [0.05, 0.1) is 11.2 Å². The Bertz CT molecular complexity index is 873. The highest BCUT2D eigenvalue weighted by molar-refractivity contribution is 6.32. The Morgan fingerprint density at radius 2 is 1.96 bits per heavy atom. The first-order valence-corrected chi connectivity index (χ1v) is 7.68. The molecule has 0 aliphatic heterocycles. The predicted molar refractivity (Wildman–Crippen MR) is 93.0 cm³/mol. The number of benzene rings is 2. The average Bonchev–Trinajstić information content (AvgIpc) is 2.58. The van der Waals surface area contributed by atoms with Crippen molar-refractivity contribution in [3.05, 3.63) is 76.8 Å². The Balaban J connectivity index is 1.74. The Hall–Kier alpha value is -2.63. The summed E-state index contributed by atoms with van der Waals surface area (Å²) in [5, 5.41) is 3.62. The van der Waals surface area contributed by atoms with E-state index in [1.54, 1.807) is 42.5 Å². The van der Waals surface area contributed by atoms with Gasteiger partial charge >= 0.3 is 0 Å². The number of ether oxygens (including phenoxy) is 1. The van der Waals surface area contributed by atoms with Gasteiger partial charge in [0.1, 0.15) is 17.2 Å². The van der Waals surface area contributed by atoms with Crippen molar-refractivity contribution in [3.8, 4) is 11.5 Å². The van der Waals surface area contributed by atoms with Gasteiger partial charge in [0.25, 0.3) is 5.91 Å². The van der Waals surface area contributed by atoms with Gasteiger partial charge in [-0.25, -0.2) is 4.98 Å².